The Morgan fingerprint density at radius 1 is 1.03 bits per heavy atom. The highest BCUT2D eigenvalue weighted by atomic mass is 32.2. The van der Waals surface area contributed by atoms with E-state index in [4.69, 9.17) is 4.74 Å². The highest BCUT2D eigenvalue weighted by Gasteiger charge is 2.38. The second-order valence-corrected chi connectivity index (χ2v) is 10.1. The standard InChI is InChI=1S/C22H30N4O3S/c1-30(27,28)25-20-12-15-26(22-23-13-5-14-24-22)21(20)16-29-19-10-8-18(9-11-19)17-6-3-2-4-7-17/h2-7,13-14,18-21,25H,8-12,15-16H2,1H3/t18-,19+,20-,21-/m0/s1. The van der Waals surface area contributed by atoms with Gasteiger partial charge in [0.15, 0.2) is 0 Å². The van der Waals surface area contributed by atoms with Crippen molar-refractivity contribution in [1.82, 2.24) is 14.7 Å². The molecular weight excluding hydrogens is 400 g/mol. The fourth-order valence-electron chi connectivity index (χ4n) is 4.68. The smallest absolute Gasteiger partial charge is 0.225 e. The summed E-state index contributed by atoms with van der Waals surface area (Å²) >= 11 is 0. The molecule has 8 heteroatoms. The molecule has 2 heterocycles. The lowest BCUT2D eigenvalue weighted by molar-refractivity contribution is 0.0155. The zero-order valence-electron chi connectivity index (χ0n) is 17.4. The number of sulfonamides is 1. The molecule has 162 valence electrons. The Bertz CT molecular complexity index is 902. The first-order valence-electron chi connectivity index (χ1n) is 10.7. The molecular formula is C22H30N4O3S. The summed E-state index contributed by atoms with van der Waals surface area (Å²) in [5, 5.41) is 0. The van der Waals surface area contributed by atoms with Crippen LogP contribution >= 0.6 is 0 Å². The number of nitrogens with one attached hydrogen (secondary N) is 1. The molecule has 0 radical (unpaired) electrons. The molecule has 1 aliphatic carbocycles. The topological polar surface area (TPSA) is 84.4 Å². The van der Waals surface area contributed by atoms with Gasteiger partial charge in [0, 0.05) is 25.0 Å². The number of benzene rings is 1. The van der Waals surface area contributed by atoms with Crippen molar-refractivity contribution in [3.8, 4) is 0 Å². The molecule has 2 fully saturated rings. The summed E-state index contributed by atoms with van der Waals surface area (Å²) in [5.41, 5.74) is 1.41. The summed E-state index contributed by atoms with van der Waals surface area (Å²) in [6.45, 7) is 1.16. The van der Waals surface area contributed by atoms with Crippen molar-refractivity contribution in [2.75, 3.05) is 24.3 Å². The van der Waals surface area contributed by atoms with E-state index >= 15 is 0 Å². The molecule has 1 saturated heterocycles. The number of anilines is 1. The number of hydrogen-bond donors (Lipinski definition) is 1. The SMILES string of the molecule is CS(=O)(=O)N[C@H]1CCN(c2ncccn2)[C@H]1CO[C@H]1CC[C@@H](c2ccccc2)CC1. The van der Waals surface area contributed by atoms with Gasteiger partial charge in [-0.25, -0.2) is 23.1 Å². The van der Waals surface area contributed by atoms with Gasteiger partial charge in [0.25, 0.3) is 0 Å². The molecule has 2 aliphatic rings. The van der Waals surface area contributed by atoms with Gasteiger partial charge in [0.05, 0.1) is 25.0 Å². The molecule has 1 aromatic heterocycles. The minimum atomic E-state index is -3.30. The van der Waals surface area contributed by atoms with Gasteiger partial charge in [-0.2, -0.15) is 0 Å². The minimum absolute atomic E-state index is 0.117. The van der Waals surface area contributed by atoms with Crippen LogP contribution in [0.4, 0.5) is 5.95 Å². The van der Waals surface area contributed by atoms with Crippen LogP contribution in [0.25, 0.3) is 0 Å². The maximum atomic E-state index is 11.9. The molecule has 4 rings (SSSR count). The van der Waals surface area contributed by atoms with Crippen LogP contribution in [0.15, 0.2) is 48.8 Å². The predicted octanol–water partition coefficient (Wildman–Crippen LogP) is 2.72. The van der Waals surface area contributed by atoms with E-state index in [0.29, 0.717) is 31.4 Å². The number of ether oxygens (including phenoxy) is 1. The molecule has 7 nitrogen and oxygen atoms in total. The van der Waals surface area contributed by atoms with Gasteiger partial charge in [0.2, 0.25) is 16.0 Å². The van der Waals surface area contributed by atoms with Crippen molar-refractivity contribution in [1.29, 1.82) is 0 Å². The monoisotopic (exact) mass is 430 g/mol. The Balaban J connectivity index is 1.37. The van der Waals surface area contributed by atoms with E-state index in [9.17, 15) is 8.42 Å². The van der Waals surface area contributed by atoms with Crippen LogP contribution in [0, 0.1) is 0 Å². The third-order valence-corrected chi connectivity index (χ3v) is 6.90. The summed E-state index contributed by atoms with van der Waals surface area (Å²) in [6, 6.07) is 12.2. The van der Waals surface area contributed by atoms with Gasteiger partial charge in [-0.15, -0.1) is 0 Å². The second-order valence-electron chi connectivity index (χ2n) is 8.31. The summed E-state index contributed by atoms with van der Waals surface area (Å²) in [4.78, 5) is 10.8. The molecule has 2 aromatic rings. The van der Waals surface area contributed by atoms with Crippen LogP contribution in [-0.4, -0.2) is 56.0 Å². The van der Waals surface area contributed by atoms with E-state index in [-0.39, 0.29) is 18.2 Å². The highest BCUT2D eigenvalue weighted by molar-refractivity contribution is 7.88. The van der Waals surface area contributed by atoms with Crippen molar-refractivity contribution in [3.05, 3.63) is 54.4 Å². The summed E-state index contributed by atoms with van der Waals surface area (Å²) in [5.74, 6) is 1.23. The molecule has 1 aromatic carbocycles. The van der Waals surface area contributed by atoms with Gasteiger partial charge in [-0.1, -0.05) is 30.3 Å². The van der Waals surface area contributed by atoms with E-state index in [1.54, 1.807) is 18.5 Å². The van der Waals surface area contributed by atoms with E-state index in [0.717, 1.165) is 25.7 Å². The third-order valence-electron chi connectivity index (χ3n) is 6.17. The first-order valence-corrected chi connectivity index (χ1v) is 12.6. The molecule has 0 spiro atoms. The van der Waals surface area contributed by atoms with Crippen molar-refractivity contribution in [2.24, 2.45) is 0 Å². The molecule has 0 unspecified atom stereocenters. The van der Waals surface area contributed by atoms with Gasteiger partial charge in [-0.3, -0.25) is 0 Å². The largest absolute Gasteiger partial charge is 0.376 e. The summed E-state index contributed by atoms with van der Waals surface area (Å²) in [7, 11) is -3.30. The molecule has 30 heavy (non-hydrogen) atoms. The molecule has 0 amide bonds. The number of rotatable bonds is 7. The van der Waals surface area contributed by atoms with E-state index < -0.39 is 10.0 Å². The maximum Gasteiger partial charge on any atom is 0.225 e. The predicted molar refractivity (Wildman–Crippen MR) is 117 cm³/mol. The lowest BCUT2D eigenvalue weighted by Gasteiger charge is -2.32. The summed E-state index contributed by atoms with van der Waals surface area (Å²) < 4.78 is 32.8. The molecule has 1 aliphatic heterocycles. The fourth-order valence-corrected chi connectivity index (χ4v) is 5.51. The van der Waals surface area contributed by atoms with Crippen molar-refractivity contribution >= 4 is 16.0 Å². The molecule has 1 saturated carbocycles. The van der Waals surface area contributed by atoms with Crippen LogP contribution < -0.4 is 9.62 Å². The van der Waals surface area contributed by atoms with E-state index in [2.05, 4.69) is 49.9 Å². The fraction of sp³-hybridized carbons (Fsp3) is 0.545. The van der Waals surface area contributed by atoms with Gasteiger partial charge in [-0.05, 0) is 49.7 Å². The lowest BCUT2D eigenvalue weighted by atomic mass is 9.83. The number of hydrogen-bond acceptors (Lipinski definition) is 6. The Kier molecular flexibility index (Phi) is 6.65. The average Bonchev–Trinajstić information content (AvgIpc) is 3.14. The zero-order chi connectivity index (χ0) is 21.0. The van der Waals surface area contributed by atoms with Crippen LogP contribution in [0.3, 0.4) is 0 Å². The lowest BCUT2D eigenvalue weighted by Crippen LogP contribution is -2.48. The van der Waals surface area contributed by atoms with Crippen LogP contribution in [-0.2, 0) is 14.8 Å². The van der Waals surface area contributed by atoms with Crippen molar-refractivity contribution in [3.63, 3.8) is 0 Å². The maximum absolute atomic E-state index is 11.9. The molecule has 0 bridgehead atoms. The van der Waals surface area contributed by atoms with Crippen molar-refractivity contribution < 1.29 is 13.2 Å². The van der Waals surface area contributed by atoms with Gasteiger partial charge < -0.3 is 9.64 Å². The Morgan fingerprint density at radius 2 is 1.73 bits per heavy atom. The first kappa shape index (κ1) is 21.2. The number of aromatic nitrogens is 2. The van der Waals surface area contributed by atoms with E-state index in [1.807, 2.05) is 0 Å². The van der Waals surface area contributed by atoms with Gasteiger partial charge in [0.1, 0.15) is 0 Å². The Labute approximate surface area is 178 Å². The highest BCUT2D eigenvalue weighted by Crippen LogP contribution is 2.34. The number of nitrogens with zero attached hydrogens (tertiary/aromatic N) is 3. The van der Waals surface area contributed by atoms with Crippen LogP contribution in [0.5, 0.6) is 0 Å². The molecule has 1 N–H and O–H groups in total. The summed E-state index contributed by atoms with van der Waals surface area (Å²) in [6.07, 6.45) is 9.84. The molecule has 2 atom stereocenters. The van der Waals surface area contributed by atoms with Gasteiger partial charge >= 0.3 is 0 Å². The Morgan fingerprint density at radius 3 is 2.40 bits per heavy atom. The second kappa shape index (κ2) is 9.41. The Hall–Kier alpha value is -2.03. The quantitative estimate of drug-likeness (QED) is 0.727. The van der Waals surface area contributed by atoms with Crippen LogP contribution in [0.1, 0.15) is 43.6 Å². The normalized spacial score (nSPS) is 27.3. The van der Waals surface area contributed by atoms with Crippen molar-refractivity contribution in [2.45, 2.75) is 56.2 Å². The third kappa shape index (κ3) is 5.36. The minimum Gasteiger partial charge on any atom is -0.376 e. The first-order chi connectivity index (χ1) is 14.5. The van der Waals surface area contributed by atoms with E-state index in [1.165, 1.54) is 11.8 Å². The van der Waals surface area contributed by atoms with Crippen LogP contribution in [0.2, 0.25) is 0 Å². The average molecular weight is 431 g/mol. The zero-order valence-corrected chi connectivity index (χ0v) is 18.2.